The van der Waals surface area contributed by atoms with Crippen LogP contribution in [0.1, 0.15) is 29.7 Å². The van der Waals surface area contributed by atoms with Crippen LogP contribution in [0.4, 0.5) is 0 Å². The predicted octanol–water partition coefficient (Wildman–Crippen LogP) is 5.77. The van der Waals surface area contributed by atoms with Crippen LogP contribution >= 0.6 is 0 Å². The number of hydrogen-bond acceptors (Lipinski definition) is 6. The zero-order chi connectivity index (χ0) is 27.0. The quantitative estimate of drug-likeness (QED) is 0.225. The Hall–Kier alpha value is -3.65. The van der Waals surface area contributed by atoms with Crippen molar-refractivity contribution in [2.24, 2.45) is 5.92 Å². The molecule has 1 aromatic heterocycles. The summed E-state index contributed by atoms with van der Waals surface area (Å²) in [6.07, 6.45) is 1.85. The smallest absolute Gasteiger partial charge is 0.227 e. The lowest BCUT2D eigenvalue weighted by atomic mass is 10.2. The van der Waals surface area contributed by atoms with Crippen LogP contribution in [0.15, 0.2) is 84.9 Å². The van der Waals surface area contributed by atoms with Crippen LogP contribution in [0.2, 0.25) is 0 Å². The van der Waals surface area contributed by atoms with Crippen LogP contribution in [0.3, 0.4) is 0 Å². The van der Waals surface area contributed by atoms with Crippen molar-refractivity contribution in [2.75, 3.05) is 26.8 Å². The lowest BCUT2D eigenvalue weighted by Gasteiger charge is -2.25. The molecule has 0 saturated heterocycles. The van der Waals surface area contributed by atoms with Gasteiger partial charge in [-0.1, -0.05) is 60.7 Å². The van der Waals surface area contributed by atoms with Gasteiger partial charge in [-0.3, -0.25) is 4.90 Å². The Morgan fingerprint density at radius 3 is 2.31 bits per heavy atom. The highest BCUT2D eigenvalue weighted by Crippen LogP contribution is 2.37. The van der Waals surface area contributed by atoms with E-state index in [4.69, 9.17) is 19.3 Å². The van der Waals surface area contributed by atoms with E-state index in [1.807, 2.05) is 96.5 Å². The Kier molecular flexibility index (Phi) is 8.93. The summed E-state index contributed by atoms with van der Waals surface area (Å²) in [6.45, 7) is 4.81. The van der Waals surface area contributed by atoms with Gasteiger partial charge in [0.2, 0.25) is 5.88 Å². The minimum atomic E-state index is -0.601. The fraction of sp³-hybridized carbons (Fsp3) is 0.344. The van der Waals surface area contributed by atoms with Gasteiger partial charge in [0.1, 0.15) is 0 Å². The van der Waals surface area contributed by atoms with Gasteiger partial charge in [-0.25, -0.2) is 4.68 Å². The van der Waals surface area contributed by atoms with E-state index in [9.17, 15) is 5.11 Å². The van der Waals surface area contributed by atoms with E-state index in [0.29, 0.717) is 43.0 Å². The van der Waals surface area contributed by atoms with Gasteiger partial charge in [-0.2, -0.15) is 5.10 Å². The number of methoxy groups -OCH3 is 1. The summed E-state index contributed by atoms with van der Waals surface area (Å²) in [6, 6.07) is 27.7. The Morgan fingerprint density at radius 2 is 1.62 bits per heavy atom. The lowest BCUT2D eigenvalue weighted by Crippen LogP contribution is -2.36. The maximum Gasteiger partial charge on any atom is 0.227 e. The van der Waals surface area contributed by atoms with Gasteiger partial charge in [0.05, 0.1) is 43.4 Å². The highest BCUT2D eigenvalue weighted by Gasteiger charge is 2.28. The first-order chi connectivity index (χ1) is 19.1. The summed E-state index contributed by atoms with van der Waals surface area (Å²) in [5.41, 5.74) is 3.89. The zero-order valence-electron chi connectivity index (χ0n) is 22.7. The van der Waals surface area contributed by atoms with Crippen molar-refractivity contribution in [1.29, 1.82) is 0 Å². The number of aliphatic hydroxyl groups is 1. The van der Waals surface area contributed by atoms with E-state index in [0.717, 1.165) is 29.1 Å². The van der Waals surface area contributed by atoms with Crippen molar-refractivity contribution in [3.8, 4) is 23.1 Å². The van der Waals surface area contributed by atoms with E-state index in [-0.39, 0.29) is 6.61 Å². The second kappa shape index (κ2) is 12.9. The zero-order valence-corrected chi connectivity index (χ0v) is 22.7. The molecule has 1 aliphatic rings. The minimum Gasteiger partial charge on any atom is -0.493 e. The number of rotatable bonds is 14. The summed E-state index contributed by atoms with van der Waals surface area (Å²) < 4.78 is 19.8. The monoisotopic (exact) mass is 527 g/mol. The molecule has 0 amide bonds. The molecule has 4 aromatic rings. The van der Waals surface area contributed by atoms with Crippen LogP contribution in [0.5, 0.6) is 17.4 Å². The number of nitrogens with zero attached hydrogens (tertiary/aromatic N) is 3. The van der Waals surface area contributed by atoms with Crippen LogP contribution in [0, 0.1) is 12.8 Å². The van der Waals surface area contributed by atoms with Crippen molar-refractivity contribution in [3.05, 3.63) is 102 Å². The normalized spacial score (nSPS) is 13.9. The first-order valence-corrected chi connectivity index (χ1v) is 13.6. The summed E-state index contributed by atoms with van der Waals surface area (Å²) >= 11 is 0. The number of ether oxygens (including phenoxy) is 3. The molecule has 0 spiro atoms. The molecule has 204 valence electrons. The summed E-state index contributed by atoms with van der Waals surface area (Å²) in [4.78, 5) is 2.31. The first kappa shape index (κ1) is 26.9. The molecule has 7 nitrogen and oxygen atoms in total. The molecule has 7 heteroatoms. The molecule has 0 bridgehead atoms. The molecule has 1 heterocycles. The lowest BCUT2D eigenvalue weighted by molar-refractivity contribution is 0.00769. The van der Waals surface area contributed by atoms with Crippen molar-refractivity contribution >= 4 is 0 Å². The average Bonchev–Trinajstić information content (AvgIpc) is 3.73. The third-order valence-corrected chi connectivity index (χ3v) is 6.90. The Balaban J connectivity index is 1.37. The van der Waals surface area contributed by atoms with Gasteiger partial charge >= 0.3 is 0 Å². The standard InChI is InChI=1S/C32H37N3O4/c1-24-29(21-34(19-25-17-18-25)20-28(36)23-38-22-26-11-5-3-6-12-26)32(35(33-24)27-13-7-4-8-14-27)39-31-16-10-9-15-30(31)37-2/h3-16,25,28,36H,17-23H2,1-2H3. The second-order valence-corrected chi connectivity index (χ2v) is 10.2. The topological polar surface area (TPSA) is 69.0 Å². The van der Waals surface area contributed by atoms with Crippen LogP contribution in [-0.2, 0) is 17.9 Å². The second-order valence-electron chi connectivity index (χ2n) is 10.2. The van der Waals surface area contributed by atoms with Crippen LogP contribution in [0.25, 0.3) is 5.69 Å². The number of hydrogen-bond donors (Lipinski definition) is 1. The van der Waals surface area contributed by atoms with Gasteiger partial charge < -0.3 is 19.3 Å². The molecule has 1 saturated carbocycles. The predicted molar refractivity (Wildman–Crippen MR) is 151 cm³/mol. The number of aromatic nitrogens is 2. The highest BCUT2D eigenvalue weighted by molar-refractivity contribution is 5.47. The van der Waals surface area contributed by atoms with E-state index in [1.165, 1.54) is 12.8 Å². The van der Waals surface area contributed by atoms with Crippen molar-refractivity contribution < 1.29 is 19.3 Å². The van der Waals surface area contributed by atoms with Crippen molar-refractivity contribution in [1.82, 2.24) is 14.7 Å². The Morgan fingerprint density at radius 1 is 0.949 bits per heavy atom. The maximum absolute atomic E-state index is 10.9. The van der Waals surface area contributed by atoms with Crippen LogP contribution < -0.4 is 9.47 Å². The molecule has 3 aromatic carbocycles. The molecule has 0 radical (unpaired) electrons. The maximum atomic E-state index is 10.9. The highest BCUT2D eigenvalue weighted by atomic mass is 16.5. The summed E-state index contributed by atoms with van der Waals surface area (Å²) in [7, 11) is 1.64. The van der Waals surface area contributed by atoms with E-state index in [1.54, 1.807) is 7.11 Å². The molecule has 1 N–H and O–H groups in total. The van der Waals surface area contributed by atoms with E-state index < -0.39 is 6.10 Å². The van der Waals surface area contributed by atoms with Gasteiger partial charge in [-0.05, 0) is 55.5 Å². The number of para-hydroxylation sites is 3. The van der Waals surface area contributed by atoms with Gasteiger partial charge in [0.25, 0.3) is 0 Å². The van der Waals surface area contributed by atoms with Crippen molar-refractivity contribution in [3.63, 3.8) is 0 Å². The fourth-order valence-electron chi connectivity index (χ4n) is 4.71. The van der Waals surface area contributed by atoms with E-state index in [2.05, 4.69) is 4.90 Å². The SMILES string of the molecule is COc1ccccc1Oc1c(CN(CC(O)COCc2ccccc2)CC2CC2)c(C)nn1-c1ccccc1. The number of aryl methyl sites for hydroxylation is 1. The number of benzene rings is 3. The molecular weight excluding hydrogens is 490 g/mol. The molecule has 1 atom stereocenters. The van der Waals surface area contributed by atoms with Gasteiger partial charge in [0.15, 0.2) is 11.5 Å². The molecular formula is C32H37N3O4. The average molecular weight is 528 g/mol. The Bertz CT molecular complexity index is 1320. The Labute approximate surface area is 230 Å². The fourth-order valence-corrected chi connectivity index (χ4v) is 4.71. The molecule has 1 unspecified atom stereocenters. The third kappa shape index (κ3) is 7.26. The molecule has 1 aliphatic carbocycles. The molecule has 5 rings (SSSR count). The first-order valence-electron chi connectivity index (χ1n) is 13.6. The number of aliphatic hydroxyl groups excluding tert-OH is 1. The van der Waals surface area contributed by atoms with Crippen molar-refractivity contribution in [2.45, 2.75) is 39.0 Å². The van der Waals surface area contributed by atoms with Gasteiger partial charge in [0, 0.05) is 19.6 Å². The summed E-state index contributed by atoms with van der Waals surface area (Å²) in [5.74, 6) is 2.59. The van der Waals surface area contributed by atoms with E-state index >= 15 is 0 Å². The molecule has 39 heavy (non-hydrogen) atoms. The summed E-state index contributed by atoms with van der Waals surface area (Å²) in [5, 5.41) is 15.8. The largest absolute Gasteiger partial charge is 0.493 e. The van der Waals surface area contributed by atoms with Gasteiger partial charge in [-0.15, -0.1) is 0 Å². The minimum absolute atomic E-state index is 0.281. The molecule has 1 fully saturated rings. The molecule has 0 aliphatic heterocycles. The third-order valence-electron chi connectivity index (χ3n) is 6.90. The van der Waals surface area contributed by atoms with Crippen LogP contribution in [-0.4, -0.2) is 52.7 Å².